The maximum atomic E-state index is 13.7. The third kappa shape index (κ3) is 1.78. The van der Waals surface area contributed by atoms with E-state index in [1.54, 1.807) is 16.7 Å². The fourth-order valence-electron chi connectivity index (χ4n) is 2.14. The van der Waals surface area contributed by atoms with Crippen molar-refractivity contribution in [3.8, 4) is 5.75 Å². The molecule has 1 aliphatic rings. The number of hydrogen-bond acceptors (Lipinski definition) is 1. The molecule has 2 aromatic carbocycles. The van der Waals surface area contributed by atoms with Gasteiger partial charge in [0.05, 0.1) is 5.56 Å². The van der Waals surface area contributed by atoms with Crippen molar-refractivity contribution in [1.29, 1.82) is 0 Å². The van der Waals surface area contributed by atoms with Crippen LogP contribution < -0.4 is 4.74 Å². The molecule has 3 heteroatoms. The van der Waals surface area contributed by atoms with Gasteiger partial charge in [-0.1, -0.05) is 24.3 Å². The highest BCUT2D eigenvalue weighted by Gasteiger charge is 2.22. The molecule has 0 saturated carbocycles. The van der Waals surface area contributed by atoms with Gasteiger partial charge in [0.25, 0.3) is 6.73 Å². The summed E-state index contributed by atoms with van der Waals surface area (Å²) in [6.07, 6.45) is 1.92. The summed E-state index contributed by atoms with van der Waals surface area (Å²) in [7, 11) is 0. The Morgan fingerprint density at radius 1 is 1.11 bits per heavy atom. The zero-order valence-electron chi connectivity index (χ0n) is 10.1. The molecular formula is C15H13FNO+. The summed E-state index contributed by atoms with van der Waals surface area (Å²) >= 11 is 0. The predicted molar refractivity (Wildman–Crippen MR) is 68.2 cm³/mol. The van der Waals surface area contributed by atoms with Gasteiger partial charge >= 0.3 is 0 Å². The van der Waals surface area contributed by atoms with Crippen LogP contribution in [0.2, 0.25) is 0 Å². The molecule has 1 heterocycles. The van der Waals surface area contributed by atoms with Crippen LogP contribution in [0.1, 0.15) is 11.1 Å². The fourth-order valence-corrected chi connectivity index (χ4v) is 2.14. The van der Waals surface area contributed by atoms with Crippen LogP contribution >= 0.6 is 0 Å². The normalized spacial score (nSPS) is 13.6. The molecule has 0 amide bonds. The van der Waals surface area contributed by atoms with Gasteiger partial charge in [-0.15, -0.1) is 0 Å². The number of para-hydroxylation sites is 2. The topological polar surface area (TPSA) is 12.2 Å². The second kappa shape index (κ2) is 4.26. The van der Waals surface area contributed by atoms with E-state index in [2.05, 4.69) is 0 Å². The monoisotopic (exact) mass is 242 g/mol. The van der Waals surface area contributed by atoms with Gasteiger partial charge in [0.1, 0.15) is 5.75 Å². The highest BCUT2D eigenvalue weighted by Crippen LogP contribution is 2.27. The van der Waals surface area contributed by atoms with Crippen LogP contribution in [-0.4, -0.2) is 17.5 Å². The molecule has 1 aliphatic heterocycles. The SMILES string of the molecule is Cc1cccc2c1OC[N+](c1ccccc1F)=C2. The maximum absolute atomic E-state index is 13.7. The van der Waals surface area contributed by atoms with E-state index in [9.17, 15) is 4.39 Å². The average Bonchev–Trinajstić information content (AvgIpc) is 2.39. The van der Waals surface area contributed by atoms with E-state index >= 15 is 0 Å². The number of halogens is 1. The lowest BCUT2D eigenvalue weighted by Gasteiger charge is -2.15. The first-order valence-corrected chi connectivity index (χ1v) is 5.84. The third-order valence-corrected chi connectivity index (χ3v) is 3.05. The Bertz CT molecular complexity index is 634. The van der Waals surface area contributed by atoms with Crippen LogP contribution in [0.15, 0.2) is 42.5 Å². The van der Waals surface area contributed by atoms with E-state index in [4.69, 9.17) is 4.74 Å². The summed E-state index contributed by atoms with van der Waals surface area (Å²) in [6.45, 7) is 2.34. The maximum Gasteiger partial charge on any atom is 0.292 e. The van der Waals surface area contributed by atoms with E-state index in [-0.39, 0.29) is 5.82 Å². The van der Waals surface area contributed by atoms with Crippen LogP contribution in [0.3, 0.4) is 0 Å². The second-order valence-corrected chi connectivity index (χ2v) is 4.32. The van der Waals surface area contributed by atoms with Crippen molar-refractivity contribution in [2.75, 3.05) is 6.73 Å². The minimum atomic E-state index is -0.242. The number of nitrogens with zero attached hydrogens (tertiary/aromatic N) is 1. The fraction of sp³-hybridized carbons (Fsp3) is 0.133. The molecule has 0 atom stereocenters. The van der Waals surface area contributed by atoms with E-state index in [0.717, 1.165) is 16.9 Å². The predicted octanol–water partition coefficient (Wildman–Crippen LogP) is 3.25. The number of fused-ring (bicyclic) bond motifs is 1. The molecule has 18 heavy (non-hydrogen) atoms. The summed E-state index contributed by atoms with van der Waals surface area (Å²) in [6, 6.07) is 12.6. The van der Waals surface area contributed by atoms with E-state index in [1.165, 1.54) is 6.07 Å². The van der Waals surface area contributed by atoms with Gasteiger partial charge in [-0.25, -0.2) is 0 Å². The van der Waals surface area contributed by atoms with Gasteiger partial charge in [0, 0.05) is 6.07 Å². The molecule has 2 aromatic rings. The van der Waals surface area contributed by atoms with Crippen LogP contribution in [0.25, 0.3) is 0 Å². The Morgan fingerprint density at radius 3 is 2.78 bits per heavy atom. The zero-order valence-corrected chi connectivity index (χ0v) is 10.1. The average molecular weight is 242 g/mol. The quantitative estimate of drug-likeness (QED) is 0.699. The van der Waals surface area contributed by atoms with Gasteiger partial charge in [-0.3, -0.25) is 0 Å². The Hall–Kier alpha value is -2.16. The number of hydrogen-bond donors (Lipinski definition) is 0. The molecule has 90 valence electrons. The van der Waals surface area contributed by atoms with Crippen molar-refractivity contribution in [2.24, 2.45) is 0 Å². The molecule has 0 aromatic heterocycles. The summed E-state index contributed by atoms with van der Waals surface area (Å²) in [5.41, 5.74) is 2.60. The number of rotatable bonds is 1. The van der Waals surface area contributed by atoms with E-state index in [1.807, 2.05) is 37.4 Å². The van der Waals surface area contributed by atoms with Crippen molar-refractivity contribution in [2.45, 2.75) is 6.92 Å². The molecule has 0 spiro atoms. The summed E-state index contributed by atoms with van der Waals surface area (Å²) in [5.74, 6) is 0.638. The first kappa shape index (κ1) is 11.0. The molecule has 0 bridgehead atoms. The zero-order chi connectivity index (χ0) is 12.5. The van der Waals surface area contributed by atoms with Crippen LogP contribution in [0.5, 0.6) is 5.75 Å². The molecule has 0 N–H and O–H groups in total. The van der Waals surface area contributed by atoms with Gasteiger partial charge in [-0.2, -0.15) is 8.97 Å². The third-order valence-electron chi connectivity index (χ3n) is 3.05. The summed E-state index contributed by atoms with van der Waals surface area (Å²) < 4.78 is 21.2. The Labute approximate surface area is 105 Å². The molecule has 0 aliphatic carbocycles. The summed E-state index contributed by atoms with van der Waals surface area (Å²) in [4.78, 5) is 0. The standard InChI is InChI=1S/C15H13FNO/c1-11-5-4-6-12-9-17(10-18-15(11)12)14-8-3-2-7-13(14)16/h2-9H,10H2,1H3/q+1. The smallest absolute Gasteiger partial charge is 0.292 e. The molecule has 0 saturated heterocycles. The minimum absolute atomic E-state index is 0.242. The minimum Gasteiger partial charge on any atom is -0.435 e. The van der Waals surface area contributed by atoms with Gasteiger partial charge in [-0.05, 0) is 24.6 Å². The van der Waals surface area contributed by atoms with E-state index < -0.39 is 0 Å². The Morgan fingerprint density at radius 2 is 1.94 bits per heavy atom. The van der Waals surface area contributed by atoms with Crippen LogP contribution in [0, 0.1) is 12.7 Å². The Balaban J connectivity index is 2.10. The van der Waals surface area contributed by atoms with Crippen molar-refractivity contribution in [3.63, 3.8) is 0 Å². The lowest BCUT2D eigenvalue weighted by Crippen LogP contribution is -2.21. The number of aryl methyl sites for hydroxylation is 1. The first-order chi connectivity index (χ1) is 8.75. The largest absolute Gasteiger partial charge is 0.435 e. The van der Waals surface area contributed by atoms with Gasteiger partial charge in [0.2, 0.25) is 5.69 Å². The van der Waals surface area contributed by atoms with Gasteiger partial charge in [0.15, 0.2) is 12.0 Å². The van der Waals surface area contributed by atoms with Crippen LogP contribution in [-0.2, 0) is 0 Å². The molecular weight excluding hydrogens is 229 g/mol. The lowest BCUT2D eigenvalue weighted by molar-refractivity contribution is -0.478. The highest BCUT2D eigenvalue weighted by molar-refractivity contribution is 5.82. The molecule has 0 fully saturated rings. The van der Waals surface area contributed by atoms with Gasteiger partial charge < -0.3 is 4.74 Å². The Kier molecular flexibility index (Phi) is 2.59. The number of ether oxygens (including phenoxy) is 1. The molecule has 2 nitrogen and oxygen atoms in total. The molecule has 3 rings (SSSR count). The van der Waals surface area contributed by atoms with Crippen molar-refractivity contribution in [3.05, 3.63) is 59.4 Å². The van der Waals surface area contributed by atoms with E-state index in [0.29, 0.717) is 12.4 Å². The van der Waals surface area contributed by atoms with Crippen LogP contribution in [0.4, 0.5) is 10.1 Å². The van der Waals surface area contributed by atoms with Crippen molar-refractivity contribution >= 4 is 11.9 Å². The summed E-state index contributed by atoms with van der Waals surface area (Å²) in [5, 5.41) is 0. The highest BCUT2D eigenvalue weighted by atomic mass is 19.1. The molecule has 0 unspecified atom stereocenters. The lowest BCUT2D eigenvalue weighted by atomic mass is 10.1. The second-order valence-electron chi connectivity index (χ2n) is 4.32. The first-order valence-electron chi connectivity index (χ1n) is 5.84. The van der Waals surface area contributed by atoms with Crippen molar-refractivity contribution < 1.29 is 13.7 Å². The molecule has 0 radical (unpaired) electrons. The van der Waals surface area contributed by atoms with Crippen molar-refractivity contribution in [1.82, 2.24) is 0 Å². The number of benzene rings is 2.